The first-order valence-electron chi connectivity index (χ1n) is 9.88. The van der Waals surface area contributed by atoms with Crippen LogP contribution in [0.2, 0.25) is 0 Å². The van der Waals surface area contributed by atoms with Crippen molar-refractivity contribution in [3.63, 3.8) is 0 Å². The Hall–Kier alpha value is -2.46. The van der Waals surface area contributed by atoms with E-state index in [1.54, 1.807) is 36.4 Å². The van der Waals surface area contributed by atoms with E-state index in [1.165, 1.54) is 19.3 Å². The molecule has 1 fully saturated rings. The van der Waals surface area contributed by atoms with Crippen molar-refractivity contribution in [1.29, 1.82) is 0 Å². The number of nitrogens with one attached hydrogen (secondary N) is 1. The maximum absolute atomic E-state index is 12.8. The van der Waals surface area contributed by atoms with Gasteiger partial charge in [0.25, 0.3) is 5.91 Å². The number of benzene rings is 2. The summed E-state index contributed by atoms with van der Waals surface area (Å²) in [5.74, 6) is -0.301. The van der Waals surface area contributed by atoms with E-state index in [2.05, 4.69) is 17.1 Å². The first-order valence-corrected chi connectivity index (χ1v) is 9.88. The Morgan fingerprint density at radius 2 is 1.70 bits per heavy atom. The zero-order valence-corrected chi connectivity index (χ0v) is 16.0. The zero-order chi connectivity index (χ0) is 19.1. The minimum absolute atomic E-state index is 0.122. The summed E-state index contributed by atoms with van der Waals surface area (Å²) in [6.07, 6.45) is 4.78. The van der Waals surface area contributed by atoms with Crippen LogP contribution >= 0.6 is 0 Å². The molecule has 27 heavy (non-hydrogen) atoms. The highest BCUT2D eigenvalue weighted by atomic mass is 16.2. The maximum Gasteiger partial charge on any atom is 0.252 e. The van der Waals surface area contributed by atoms with Crippen LogP contribution in [0.3, 0.4) is 0 Å². The fourth-order valence-electron chi connectivity index (χ4n) is 3.69. The van der Waals surface area contributed by atoms with Crippen LogP contribution in [-0.2, 0) is 0 Å². The van der Waals surface area contributed by atoms with Crippen LogP contribution in [0.1, 0.15) is 58.9 Å². The normalized spacial score (nSPS) is 17.4. The number of amides is 1. The third kappa shape index (κ3) is 5.04. The van der Waals surface area contributed by atoms with Crippen molar-refractivity contribution < 1.29 is 9.59 Å². The number of carbonyl (C=O) groups excluding carboxylic acids is 2. The standard InChI is InChI=1S/C23H28N2O2/c1-18-10-7-8-16-25(18)17-9-15-24-23(27)21-14-6-5-13-20(21)22(26)19-11-3-2-4-12-19/h2-6,11-14,18H,7-10,15-17H2,1H3,(H,24,27). The van der Waals surface area contributed by atoms with Crippen molar-refractivity contribution in [3.05, 3.63) is 71.3 Å². The van der Waals surface area contributed by atoms with Crippen molar-refractivity contribution in [2.24, 2.45) is 0 Å². The molecule has 0 spiro atoms. The highest BCUT2D eigenvalue weighted by Crippen LogP contribution is 2.17. The highest BCUT2D eigenvalue weighted by molar-refractivity contribution is 6.15. The second-order valence-corrected chi connectivity index (χ2v) is 7.23. The molecular weight excluding hydrogens is 336 g/mol. The maximum atomic E-state index is 12.8. The molecule has 0 bridgehead atoms. The van der Waals surface area contributed by atoms with Crippen molar-refractivity contribution >= 4 is 11.7 Å². The fraction of sp³-hybridized carbons (Fsp3) is 0.391. The Morgan fingerprint density at radius 1 is 1.00 bits per heavy atom. The van der Waals surface area contributed by atoms with E-state index in [0.717, 1.165) is 19.5 Å². The van der Waals surface area contributed by atoms with E-state index < -0.39 is 0 Å². The van der Waals surface area contributed by atoms with Gasteiger partial charge in [0.1, 0.15) is 0 Å². The predicted octanol–water partition coefficient (Wildman–Crippen LogP) is 3.91. The van der Waals surface area contributed by atoms with Gasteiger partial charge in [0, 0.05) is 30.3 Å². The molecule has 0 radical (unpaired) electrons. The summed E-state index contributed by atoms with van der Waals surface area (Å²) in [5, 5.41) is 2.98. The Morgan fingerprint density at radius 3 is 2.44 bits per heavy atom. The summed E-state index contributed by atoms with van der Waals surface area (Å²) in [6.45, 7) is 5.06. The van der Waals surface area contributed by atoms with Crippen LogP contribution in [-0.4, -0.2) is 42.3 Å². The SMILES string of the molecule is CC1CCCCN1CCCNC(=O)c1ccccc1C(=O)c1ccccc1. The number of rotatable bonds is 7. The van der Waals surface area contributed by atoms with E-state index in [9.17, 15) is 9.59 Å². The Kier molecular flexibility index (Phi) is 6.77. The molecular formula is C23H28N2O2. The lowest BCUT2D eigenvalue weighted by atomic mass is 9.98. The third-order valence-corrected chi connectivity index (χ3v) is 5.30. The molecule has 1 N–H and O–H groups in total. The van der Waals surface area contributed by atoms with Gasteiger partial charge in [-0.3, -0.25) is 9.59 Å². The van der Waals surface area contributed by atoms with Gasteiger partial charge in [-0.15, -0.1) is 0 Å². The molecule has 0 aromatic heterocycles. The quantitative estimate of drug-likeness (QED) is 0.598. The number of ketones is 1. The summed E-state index contributed by atoms with van der Waals surface area (Å²) in [4.78, 5) is 27.9. The van der Waals surface area contributed by atoms with Crippen LogP contribution in [0.25, 0.3) is 0 Å². The molecule has 0 aliphatic carbocycles. The summed E-state index contributed by atoms with van der Waals surface area (Å²) in [6, 6.07) is 16.8. The average molecular weight is 364 g/mol. The van der Waals surface area contributed by atoms with Crippen LogP contribution in [0.5, 0.6) is 0 Å². The lowest BCUT2D eigenvalue weighted by molar-refractivity contribution is 0.0938. The van der Waals surface area contributed by atoms with Crippen molar-refractivity contribution in [1.82, 2.24) is 10.2 Å². The molecule has 1 heterocycles. The fourth-order valence-corrected chi connectivity index (χ4v) is 3.69. The van der Waals surface area contributed by atoms with Gasteiger partial charge in [0.15, 0.2) is 5.78 Å². The van der Waals surface area contributed by atoms with E-state index in [-0.39, 0.29) is 11.7 Å². The molecule has 1 aliphatic rings. The van der Waals surface area contributed by atoms with E-state index in [1.807, 2.05) is 18.2 Å². The number of hydrogen-bond acceptors (Lipinski definition) is 3. The van der Waals surface area contributed by atoms with Gasteiger partial charge in [-0.05, 0) is 38.8 Å². The molecule has 2 aromatic carbocycles. The monoisotopic (exact) mass is 364 g/mol. The van der Waals surface area contributed by atoms with Crippen LogP contribution in [0.15, 0.2) is 54.6 Å². The molecule has 1 aliphatic heterocycles. The third-order valence-electron chi connectivity index (χ3n) is 5.30. The van der Waals surface area contributed by atoms with Crippen LogP contribution < -0.4 is 5.32 Å². The zero-order valence-electron chi connectivity index (χ0n) is 16.0. The molecule has 1 atom stereocenters. The highest BCUT2D eigenvalue weighted by Gasteiger charge is 2.19. The smallest absolute Gasteiger partial charge is 0.252 e. The summed E-state index contributed by atoms with van der Waals surface area (Å²) in [5.41, 5.74) is 1.49. The molecule has 4 nitrogen and oxygen atoms in total. The molecule has 1 unspecified atom stereocenters. The van der Waals surface area contributed by atoms with Crippen molar-refractivity contribution in [3.8, 4) is 0 Å². The van der Waals surface area contributed by atoms with Gasteiger partial charge in [-0.25, -0.2) is 0 Å². The number of nitrogens with zero attached hydrogens (tertiary/aromatic N) is 1. The second kappa shape index (κ2) is 9.47. The number of hydrogen-bond donors (Lipinski definition) is 1. The predicted molar refractivity (Wildman–Crippen MR) is 108 cm³/mol. The van der Waals surface area contributed by atoms with Gasteiger partial charge in [0.05, 0.1) is 5.56 Å². The molecule has 1 saturated heterocycles. The summed E-state index contributed by atoms with van der Waals surface area (Å²) < 4.78 is 0. The van der Waals surface area contributed by atoms with Gasteiger partial charge < -0.3 is 10.2 Å². The van der Waals surface area contributed by atoms with E-state index in [0.29, 0.717) is 29.3 Å². The molecule has 1 amide bonds. The molecule has 4 heteroatoms. The minimum Gasteiger partial charge on any atom is -0.352 e. The number of carbonyl (C=O) groups is 2. The Labute approximate surface area is 161 Å². The lowest BCUT2D eigenvalue weighted by Gasteiger charge is -2.33. The minimum atomic E-state index is -0.179. The van der Waals surface area contributed by atoms with Gasteiger partial charge in [0.2, 0.25) is 0 Å². The van der Waals surface area contributed by atoms with Gasteiger partial charge in [-0.2, -0.15) is 0 Å². The molecule has 0 saturated carbocycles. The first-order chi connectivity index (χ1) is 13.2. The number of likely N-dealkylation sites (tertiary alicyclic amines) is 1. The molecule has 3 rings (SSSR count). The van der Waals surface area contributed by atoms with E-state index in [4.69, 9.17) is 0 Å². The second-order valence-electron chi connectivity index (χ2n) is 7.23. The van der Waals surface area contributed by atoms with Crippen molar-refractivity contribution in [2.75, 3.05) is 19.6 Å². The summed E-state index contributed by atoms with van der Waals surface area (Å²) >= 11 is 0. The van der Waals surface area contributed by atoms with Crippen molar-refractivity contribution in [2.45, 2.75) is 38.6 Å². The Bertz CT molecular complexity index is 773. The Balaban J connectivity index is 1.58. The van der Waals surface area contributed by atoms with Gasteiger partial charge >= 0.3 is 0 Å². The van der Waals surface area contributed by atoms with Gasteiger partial charge in [-0.1, -0.05) is 55.0 Å². The topological polar surface area (TPSA) is 49.4 Å². The summed E-state index contributed by atoms with van der Waals surface area (Å²) in [7, 11) is 0. The molecule has 2 aromatic rings. The average Bonchev–Trinajstić information content (AvgIpc) is 2.72. The van der Waals surface area contributed by atoms with Crippen LogP contribution in [0.4, 0.5) is 0 Å². The number of piperidine rings is 1. The first kappa shape index (κ1) is 19.3. The largest absolute Gasteiger partial charge is 0.352 e. The van der Waals surface area contributed by atoms with Crippen LogP contribution in [0, 0.1) is 0 Å². The van der Waals surface area contributed by atoms with E-state index >= 15 is 0 Å². The lowest BCUT2D eigenvalue weighted by Crippen LogP contribution is -2.39. The molecule has 142 valence electrons.